The number of nitrogens with two attached hydrogens (primary N) is 1. The van der Waals surface area contributed by atoms with E-state index in [0.717, 1.165) is 0 Å². The van der Waals surface area contributed by atoms with Gasteiger partial charge in [-0.2, -0.15) is 0 Å². The van der Waals surface area contributed by atoms with Crippen molar-refractivity contribution < 1.29 is 14.3 Å². The number of anilines is 1. The molecule has 100 valence electrons. The van der Waals surface area contributed by atoms with Gasteiger partial charge < -0.3 is 15.2 Å². The number of thioether (sulfide) groups is 1. The van der Waals surface area contributed by atoms with E-state index in [-0.39, 0.29) is 0 Å². The van der Waals surface area contributed by atoms with Crippen LogP contribution in [0, 0.1) is 0 Å². The molecule has 1 rings (SSSR count). The molecule has 1 aromatic rings. The Hall–Kier alpha value is -0.910. The number of benzene rings is 1. The topological polar surface area (TPSA) is 61.5 Å². The number of carbonyl (C=O) groups is 1. The number of nitrogen functional groups attached to an aromatic ring is 1. The Kier molecular flexibility index (Phi) is 6.32. The molecule has 18 heavy (non-hydrogen) atoms. The molecule has 0 aliphatic rings. The molecule has 0 heterocycles. The summed E-state index contributed by atoms with van der Waals surface area (Å²) in [4.78, 5) is 12.5. The maximum absolute atomic E-state index is 11.8. The van der Waals surface area contributed by atoms with Crippen LogP contribution in [0.4, 0.5) is 5.69 Å². The number of ether oxygens (including phenoxy) is 2. The van der Waals surface area contributed by atoms with Crippen LogP contribution in [0.25, 0.3) is 0 Å². The van der Waals surface area contributed by atoms with Crippen molar-refractivity contribution in [2.24, 2.45) is 0 Å². The van der Waals surface area contributed by atoms with Crippen molar-refractivity contribution in [3.05, 3.63) is 22.7 Å². The van der Waals surface area contributed by atoms with Gasteiger partial charge in [0.05, 0.1) is 23.8 Å². The molecule has 0 bridgehead atoms. The maximum Gasteiger partial charge on any atom is 0.339 e. The molecule has 0 atom stereocenters. The Morgan fingerprint density at radius 1 is 1.50 bits per heavy atom. The minimum atomic E-state index is -0.411. The molecule has 1 aromatic carbocycles. The predicted molar refractivity (Wildman–Crippen MR) is 74.4 cm³/mol. The highest BCUT2D eigenvalue weighted by Gasteiger charge is 2.17. The maximum atomic E-state index is 11.8. The molecule has 2 N–H and O–H groups in total. The molecule has 0 aromatic heterocycles. The van der Waals surface area contributed by atoms with Crippen LogP contribution in [0.3, 0.4) is 0 Å². The molecule has 0 amide bonds. The van der Waals surface area contributed by atoms with E-state index < -0.39 is 5.97 Å². The SMILES string of the molecule is CCOC(=O)c1cc(N)cc(Cl)c1SCCOC. The van der Waals surface area contributed by atoms with Crippen LogP contribution in [0.2, 0.25) is 5.02 Å². The number of rotatable bonds is 6. The molecule has 0 radical (unpaired) electrons. The Morgan fingerprint density at radius 2 is 2.22 bits per heavy atom. The summed E-state index contributed by atoms with van der Waals surface area (Å²) < 4.78 is 9.96. The van der Waals surface area contributed by atoms with Crippen molar-refractivity contribution in [1.82, 2.24) is 0 Å². The Labute approximate surface area is 116 Å². The van der Waals surface area contributed by atoms with Crippen LogP contribution in [0.5, 0.6) is 0 Å². The van der Waals surface area contributed by atoms with Crippen LogP contribution in [0.15, 0.2) is 17.0 Å². The minimum absolute atomic E-state index is 0.313. The van der Waals surface area contributed by atoms with Crippen molar-refractivity contribution in [2.75, 3.05) is 31.8 Å². The number of methoxy groups -OCH3 is 1. The van der Waals surface area contributed by atoms with Gasteiger partial charge in [0, 0.05) is 23.4 Å². The molecule has 0 saturated heterocycles. The zero-order valence-corrected chi connectivity index (χ0v) is 11.9. The van der Waals surface area contributed by atoms with Gasteiger partial charge in [0.2, 0.25) is 0 Å². The molecule has 0 spiro atoms. The van der Waals surface area contributed by atoms with E-state index in [2.05, 4.69) is 0 Å². The third-order valence-electron chi connectivity index (χ3n) is 2.10. The monoisotopic (exact) mass is 289 g/mol. The van der Waals surface area contributed by atoms with E-state index in [1.807, 2.05) is 0 Å². The first-order valence-corrected chi connectivity index (χ1v) is 6.84. The highest BCUT2D eigenvalue weighted by molar-refractivity contribution is 7.99. The van der Waals surface area contributed by atoms with E-state index in [4.69, 9.17) is 26.8 Å². The average Bonchev–Trinajstić information content (AvgIpc) is 2.31. The quantitative estimate of drug-likeness (QED) is 0.378. The summed E-state index contributed by atoms with van der Waals surface area (Å²) in [6.45, 7) is 2.64. The van der Waals surface area contributed by atoms with Crippen molar-refractivity contribution >= 4 is 35.0 Å². The van der Waals surface area contributed by atoms with E-state index in [9.17, 15) is 4.79 Å². The van der Waals surface area contributed by atoms with E-state index in [1.54, 1.807) is 26.2 Å². The molecule has 0 unspecified atom stereocenters. The van der Waals surface area contributed by atoms with Gasteiger partial charge in [-0.15, -0.1) is 11.8 Å². The number of halogens is 1. The summed E-state index contributed by atoms with van der Waals surface area (Å²) in [5.74, 6) is 0.290. The molecule has 0 aliphatic heterocycles. The molecule has 0 fully saturated rings. The number of hydrogen-bond acceptors (Lipinski definition) is 5. The Morgan fingerprint density at radius 3 is 2.83 bits per heavy atom. The van der Waals surface area contributed by atoms with Gasteiger partial charge in [0.25, 0.3) is 0 Å². The second-order valence-electron chi connectivity index (χ2n) is 3.44. The largest absolute Gasteiger partial charge is 0.462 e. The van der Waals surface area contributed by atoms with Crippen LogP contribution in [-0.4, -0.2) is 32.0 Å². The van der Waals surface area contributed by atoms with Crippen LogP contribution >= 0.6 is 23.4 Å². The number of esters is 1. The first kappa shape index (κ1) is 15.1. The van der Waals surface area contributed by atoms with Gasteiger partial charge in [-0.1, -0.05) is 11.6 Å². The molecular formula is C12H16ClNO3S. The zero-order valence-electron chi connectivity index (χ0n) is 10.4. The molecule has 4 nitrogen and oxygen atoms in total. The van der Waals surface area contributed by atoms with Gasteiger partial charge in [0.15, 0.2) is 0 Å². The Bertz CT molecular complexity index is 426. The lowest BCUT2D eigenvalue weighted by atomic mass is 10.2. The second-order valence-corrected chi connectivity index (χ2v) is 4.95. The third kappa shape index (κ3) is 4.08. The van der Waals surface area contributed by atoms with Gasteiger partial charge in [-0.25, -0.2) is 4.79 Å². The smallest absolute Gasteiger partial charge is 0.339 e. The van der Waals surface area contributed by atoms with E-state index in [0.29, 0.717) is 40.1 Å². The fraction of sp³-hybridized carbons (Fsp3) is 0.417. The number of hydrogen-bond donors (Lipinski definition) is 1. The minimum Gasteiger partial charge on any atom is -0.462 e. The first-order chi connectivity index (χ1) is 8.60. The lowest BCUT2D eigenvalue weighted by molar-refractivity contribution is 0.0522. The zero-order chi connectivity index (χ0) is 13.5. The second kappa shape index (κ2) is 7.51. The third-order valence-corrected chi connectivity index (χ3v) is 3.60. The average molecular weight is 290 g/mol. The van der Waals surface area contributed by atoms with Crippen molar-refractivity contribution in [2.45, 2.75) is 11.8 Å². The molecule has 0 aliphatic carbocycles. The summed E-state index contributed by atoms with van der Waals surface area (Å²) in [5, 5.41) is 0.458. The van der Waals surface area contributed by atoms with Crippen LogP contribution < -0.4 is 5.73 Å². The number of carbonyl (C=O) groups excluding carboxylic acids is 1. The van der Waals surface area contributed by atoms with Crippen molar-refractivity contribution in [3.8, 4) is 0 Å². The lowest BCUT2D eigenvalue weighted by Crippen LogP contribution is -2.08. The van der Waals surface area contributed by atoms with E-state index >= 15 is 0 Å². The summed E-state index contributed by atoms with van der Waals surface area (Å²) in [6.07, 6.45) is 0. The molecule has 0 saturated carbocycles. The summed E-state index contributed by atoms with van der Waals surface area (Å²) in [5.41, 5.74) is 6.54. The summed E-state index contributed by atoms with van der Waals surface area (Å²) in [7, 11) is 1.62. The van der Waals surface area contributed by atoms with Crippen LogP contribution in [0.1, 0.15) is 17.3 Å². The normalized spacial score (nSPS) is 10.4. The fourth-order valence-electron chi connectivity index (χ4n) is 1.35. The van der Waals surface area contributed by atoms with Gasteiger partial charge >= 0.3 is 5.97 Å². The molecular weight excluding hydrogens is 274 g/mol. The summed E-state index contributed by atoms with van der Waals surface area (Å²) in [6, 6.07) is 3.21. The highest BCUT2D eigenvalue weighted by atomic mass is 35.5. The Balaban J connectivity index is 3.00. The highest BCUT2D eigenvalue weighted by Crippen LogP contribution is 2.33. The van der Waals surface area contributed by atoms with E-state index in [1.165, 1.54) is 11.8 Å². The fourth-order valence-corrected chi connectivity index (χ4v) is 2.69. The van der Waals surface area contributed by atoms with Crippen molar-refractivity contribution in [1.29, 1.82) is 0 Å². The van der Waals surface area contributed by atoms with Gasteiger partial charge in [-0.3, -0.25) is 0 Å². The lowest BCUT2D eigenvalue weighted by Gasteiger charge is -2.11. The first-order valence-electron chi connectivity index (χ1n) is 5.48. The van der Waals surface area contributed by atoms with Crippen LogP contribution in [-0.2, 0) is 9.47 Å². The predicted octanol–water partition coefficient (Wildman–Crippen LogP) is 2.84. The standard InChI is InChI=1S/C12H16ClNO3S/c1-3-17-12(15)9-6-8(14)7-10(13)11(9)18-5-4-16-2/h6-7H,3-5,14H2,1-2H3. The summed E-state index contributed by atoms with van der Waals surface area (Å²) >= 11 is 7.56. The molecule has 6 heteroatoms. The van der Waals surface area contributed by atoms with Gasteiger partial charge in [-0.05, 0) is 19.1 Å². The van der Waals surface area contributed by atoms with Gasteiger partial charge in [0.1, 0.15) is 0 Å². The van der Waals surface area contributed by atoms with Crippen molar-refractivity contribution in [3.63, 3.8) is 0 Å².